The molecule has 0 aliphatic carbocycles. The quantitative estimate of drug-likeness (QED) is 0.432. The topological polar surface area (TPSA) is 72.5 Å². The highest BCUT2D eigenvalue weighted by Gasteiger charge is 2.09. The maximum absolute atomic E-state index is 11.9. The van der Waals surface area contributed by atoms with Crippen molar-refractivity contribution < 1.29 is 19.1 Å². The molecule has 120 valence electrons. The normalized spacial score (nSPS) is 10.1. The minimum atomic E-state index is -0.258. The Kier molecular flexibility index (Phi) is 7.89. The van der Waals surface area contributed by atoms with Crippen LogP contribution in [0.2, 0.25) is 0 Å². The van der Waals surface area contributed by atoms with Gasteiger partial charge < -0.3 is 10.1 Å². The molecule has 0 aliphatic heterocycles. The van der Waals surface area contributed by atoms with Crippen molar-refractivity contribution in [3.8, 4) is 0 Å². The first-order chi connectivity index (χ1) is 10.5. The average molecular weight is 305 g/mol. The highest BCUT2D eigenvalue weighted by Crippen LogP contribution is 2.07. The standard InChI is InChI=1S/C17H23NO4/c1-3-22-17(21)5-4-12-18-16(20)11-10-15(19)14-8-6-13(2)7-9-14/h6-9H,3-5,10-12H2,1-2H3,(H,18,20). The van der Waals surface area contributed by atoms with Crippen LogP contribution >= 0.6 is 0 Å². The van der Waals surface area contributed by atoms with Crippen molar-refractivity contribution >= 4 is 17.7 Å². The molecule has 1 amide bonds. The Morgan fingerprint density at radius 2 is 1.73 bits per heavy atom. The van der Waals surface area contributed by atoms with E-state index in [0.29, 0.717) is 25.1 Å². The van der Waals surface area contributed by atoms with Crippen molar-refractivity contribution in [1.29, 1.82) is 0 Å². The number of amides is 1. The minimum Gasteiger partial charge on any atom is -0.466 e. The van der Waals surface area contributed by atoms with Crippen LogP contribution in [0, 0.1) is 6.92 Å². The van der Waals surface area contributed by atoms with Gasteiger partial charge in [-0.3, -0.25) is 14.4 Å². The molecule has 5 heteroatoms. The number of ether oxygens (including phenoxy) is 1. The summed E-state index contributed by atoms with van der Waals surface area (Å²) in [5, 5.41) is 2.70. The monoisotopic (exact) mass is 305 g/mol. The van der Waals surface area contributed by atoms with Crippen LogP contribution < -0.4 is 5.32 Å². The van der Waals surface area contributed by atoms with Crippen molar-refractivity contribution in [2.75, 3.05) is 13.2 Å². The molecule has 1 N–H and O–H groups in total. The lowest BCUT2D eigenvalue weighted by atomic mass is 10.1. The highest BCUT2D eigenvalue weighted by atomic mass is 16.5. The lowest BCUT2D eigenvalue weighted by molar-refractivity contribution is -0.143. The number of nitrogens with one attached hydrogen (secondary N) is 1. The van der Waals surface area contributed by atoms with Crippen LogP contribution in [-0.4, -0.2) is 30.8 Å². The van der Waals surface area contributed by atoms with Crippen molar-refractivity contribution in [1.82, 2.24) is 5.32 Å². The molecule has 22 heavy (non-hydrogen) atoms. The lowest BCUT2D eigenvalue weighted by Crippen LogP contribution is -2.25. The molecular formula is C17H23NO4. The van der Waals surface area contributed by atoms with Gasteiger partial charge in [0.2, 0.25) is 5.91 Å². The molecular weight excluding hydrogens is 282 g/mol. The molecule has 0 aromatic heterocycles. The van der Waals surface area contributed by atoms with Crippen LogP contribution in [0.3, 0.4) is 0 Å². The highest BCUT2D eigenvalue weighted by molar-refractivity contribution is 5.97. The summed E-state index contributed by atoms with van der Waals surface area (Å²) in [6, 6.07) is 7.30. The number of ketones is 1. The van der Waals surface area contributed by atoms with Gasteiger partial charge in [-0.05, 0) is 20.3 Å². The average Bonchev–Trinajstić information content (AvgIpc) is 2.50. The zero-order chi connectivity index (χ0) is 16.4. The van der Waals surface area contributed by atoms with Gasteiger partial charge in [-0.25, -0.2) is 0 Å². The van der Waals surface area contributed by atoms with Gasteiger partial charge in [-0.15, -0.1) is 0 Å². The number of Topliss-reactive ketones (excluding diaryl/α,β-unsaturated/α-hetero) is 1. The van der Waals surface area contributed by atoms with Gasteiger partial charge in [0.1, 0.15) is 0 Å². The van der Waals surface area contributed by atoms with Crippen LogP contribution in [0.5, 0.6) is 0 Å². The van der Waals surface area contributed by atoms with Crippen LogP contribution in [0.1, 0.15) is 48.5 Å². The SMILES string of the molecule is CCOC(=O)CCCNC(=O)CCC(=O)c1ccc(C)cc1. The largest absolute Gasteiger partial charge is 0.466 e. The van der Waals surface area contributed by atoms with Gasteiger partial charge in [0.25, 0.3) is 0 Å². The molecule has 0 spiro atoms. The zero-order valence-corrected chi connectivity index (χ0v) is 13.2. The summed E-state index contributed by atoms with van der Waals surface area (Å²) in [7, 11) is 0. The van der Waals surface area contributed by atoms with Crippen LogP contribution in [0.25, 0.3) is 0 Å². The molecule has 1 aromatic rings. The van der Waals surface area contributed by atoms with E-state index in [4.69, 9.17) is 4.74 Å². The van der Waals surface area contributed by atoms with E-state index in [0.717, 1.165) is 5.56 Å². The number of carbonyl (C=O) groups is 3. The van der Waals surface area contributed by atoms with Crippen molar-refractivity contribution in [3.05, 3.63) is 35.4 Å². The first-order valence-corrected chi connectivity index (χ1v) is 7.55. The molecule has 0 radical (unpaired) electrons. The number of benzene rings is 1. The number of hydrogen-bond acceptors (Lipinski definition) is 4. The lowest BCUT2D eigenvalue weighted by Gasteiger charge is -2.05. The fourth-order valence-corrected chi connectivity index (χ4v) is 1.89. The van der Waals surface area contributed by atoms with Gasteiger partial charge in [-0.2, -0.15) is 0 Å². The number of rotatable bonds is 9. The third kappa shape index (κ3) is 7.02. The van der Waals surface area contributed by atoms with E-state index < -0.39 is 0 Å². The number of carbonyl (C=O) groups excluding carboxylic acids is 3. The fourth-order valence-electron chi connectivity index (χ4n) is 1.89. The van der Waals surface area contributed by atoms with E-state index in [9.17, 15) is 14.4 Å². The third-order valence-electron chi connectivity index (χ3n) is 3.14. The van der Waals surface area contributed by atoms with Crippen LogP contribution in [0.4, 0.5) is 0 Å². The van der Waals surface area contributed by atoms with E-state index in [1.54, 1.807) is 19.1 Å². The summed E-state index contributed by atoms with van der Waals surface area (Å²) in [6.45, 7) is 4.49. The molecule has 1 rings (SSSR count). The Morgan fingerprint density at radius 3 is 2.36 bits per heavy atom. The Labute approximate surface area is 131 Å². The van der Waals surface area contributed by atoms with E-state index in [1.807, 2.05) is 19.1 Å². The second-order valence-corrected chi connectivity index (χ2v) is 5.05. The van der Waals surface area contributed by atoms with Gasteiger partial charge in [0.05, 0.1) is 6.61 Å². The molecule has 0 bridgehead atoms. The third-order valence-corrected chi connectivity index (χ3v) is 3.14. The summed E-state index contributed by atoms with van der Waals surface area (Å²) < 4.78 is 4.79. The Hall–Kier alpha value is -2.17. The summed E-state index contributed by atoms with van der Waals surface area (Å²) in [4.78, 5) is 34.6. The summed E-state index contributed by atoms with van der Waals surface area (Å²) >= 11 is 0. The minimum absolute atomic E-state index is 0.0401. The first kappa shape index (κ1) is 17.9. The molecule has 0 fully saturated rings. The molecule has 0 heterocycles. The second-order valence-electron chi connectivity index (χ2n) is 5.05. The van der Waals surface area contributed by atoms with Crippen LogP contribution in [-0.2, 0) is 14.3 Å². The zero-order valence-electron chi connectivity index (χ0n) is 13.2. The maximum atomic E-state index is 11.9. The molecule has 1 aromatic carbocycles. The molecule has 5 nitrogen and oxygen atoms in total. The van der Waals surface area contributed by atoms with Gasteiger partial charge in [-0.1, -0.05) is 29.8 Å². The molecule has 0 saturated carbocycles. The predicted molar refractivity (Wildman–Crippen MR) is 83.6 cm³/mol. The van der Waals surface area contributed by atoms with Gasteiger partial charge in [0.15, 0.2) is 5.78 Å². The van der Waals surface area contributed by atoms with Crippen molar-refractivity contribution in [2.24, 2.45) is 0 Å². The van der Waals surface area contributed by atoms with Gasteiger partial charge >= 0.3 is 5.97 Å². The summed E-state index contributed by atoms with van der Waals surface area (Å²) in [6.07, 6.45) is 1.17. The number of hydrogen-bond donors (Lipinski definition) is 1. The first-order valence-electron chi connectivity index (χ1n) is 7.55. The summed E-state index contributed by atoms with van der Waals surface area (Å²) in [5.74, 6) is -0.475. The molecule has 0 aliphatic rings. The Morgan fingerprint density at radius 1 is 1.05 bits per heavy atom. The maximum Gasteiger partial charge on any atom is 0.305 e. The smallest absolute Gasteiger partial charge is 0.305 e. The van der Waals surface area contributed by atoms with E-state index in [-0.39, 0.29) is 36.9 Å². The van der Waals surface area contributed by atoms with Crippen molar-refractivity contribution in [2.45, 2.75) is 39.5 Å². The Bertz CT molecular complexity index is 508. The van der Waals surface area contributed by atoms with Crippen LogP contribution in [0.15, 0.2) is 24.3 Å². The Balaban J connectivity index is 2.19. The number of aryl methyl sites for hydroxylation is 1. The second kappa shape index (κ2) is 9.71. The molecule has 0 atom stereocenters. The van der Waals surface area contributed by atoms with E-state index in [2.05, 4.69) is 5.32 Å². The number of esters is 1. The van der Waals surface area contributed by atoms with E-state index in [1.165, 1.54) is 0 Å². The molecule has 0 saturated heterocycles. The predicted octanol–water partition coefficient (Wildman–Crippen LogP) is 2.42. The molecule has 0 unspecified atom stereocenters. The van der Waals surface area contributed by atoms with Crippen molar-refractivity contribution in [3.63, 3.8) is 0 Å². The van der Waals surface area contributed by atoms with E-state index >= 15 is 0 Å². The fraction of sp³-hybridized carbons (Fsp3) is 0.471. The summed E-state index contributed by atoms with van der Waals surface area (Å²) in [5.41, 5.74) is 1.72. The van der Waals surface area contributed by atoms with Gasteiger partial charge in [0, 0.05) is 31.4 Å².